The lowest BCUT2D eigenvalue weighted by Gasteiger charge is -2.11. The van der Waals surface area contributed by atoms with E-state index in [-0.39, 0.29) is 17.3 Å². The van der Waals surface area contributed by atoms with E-state index in [1.807, 2.05) is 50.5 Å². The minimum atomic E-state index is -0.155. The van der Waals surface area contributed by atoms with Crippen LogP contribution in [0, 0.1) is 0 Å². The second kappa shape index (κ2) is 6.72. The zero-order chi connectivity index (χ0) is 17.1. The number of carbonyl (C=O) groups is 1. The largest absolute Gasteiger partial charge is 0.507 e. The molecule has 0 fully saturated rings. The predicted molar refractivity (Wildman–Crippen MR) is 93.1 cm³/mol. The van der Waals surface area contributed by atoms with E-state index in [0.29, 0.717) is 23.4 Å². The third-order valence-corrected chi connectivity index (χ3v) is 3.78. The van der Waals surface area contributed by atoms with Crippen LogP contribution >= 0.6 is 0 Å². The molecule has 0 saturated carbocycles. The monoisotopic (exact) mass is 322 g/mol. The van der Waals surface area contributed by atoms with Gasteiger partial charge in [-0.25, -0.2) is 0 Å². The maximum Gasteiger partial charge on any atom is 0.231 e. The van der Waals surface area contributed by atoms with Crippen molar-refractivity contribution in [2.24, 2.45) is 0 Å². The van der Waals surface area contributed by atoms with Gasteiger partial charge in [0.1, 0.15) is 12.3 Å². The van der Waals surface area contributed by atoms with Crippen molar-refractivity contribution in [1.82, 2.24) is 0 Å². The summed E-state index contributed by atoms with van der Waals surface area (Å²) in [5.74, 6) is 0.750. The molecule has 24 heavy (non-hydrogen) atoms. The number of ketones is 1. The van der Waals surface area contributed by atoms with E-state index in [9.17, 15) is 9.90 Å². The Labute approximate surface area is 141 Å². The Hall–Kier alpha value is -2.85. The van der Waals surface area contributed by atoms with Gasteiger partial charge in [0, 0.05) is 0 Å². The number of rotatable bonds is 4. The number of allylic oxidation sites excluding steroid dienone is 3. The molecule has 2 aromatic carbocycles. The fourth-order valence-corrected chi connectivity index (χ4v) is 2.65. The van der Waals surface area contributed by atoms with Gasteiger partial charge in [0.15, 0.2) is 11.5 Å². The molecule has 0 spiro atoms. The van der Waals surface area contributed by atoms with Crippen molar-refractivity contribution >= 4 is 11.9 Å². The first-order valence-electron chi connectivity index (χ1n) is 7.86. The van der Waals surface area contributed by atoms with E-state index in [1.54, 1.807) is 24.3 Å². The molecule has 0 aromatic heterocycles. The Morgan fingerprint density at radius 3 is 2.58 bits per heavy atom. The first kappa shape index (κ1) is 16.0. The van der Waals surface area contributed by atoms with Crippen LogP contribution in [0.3, 0.4) is 0 Å². The minimum absolute atomic E-state index is 0.155. The summed E-state index contributed by atoms with van der Waals surface area (Å²) in [5.41, 5.74) is 2.21. The number of quaternary nitrogens is 1. The number of phenolic OH excluding ortho intramolecular Hbond substituents is 1. The Kier molecular flexibility index (Phi) is 4.49. The van der Waals surface area contributed by atoms with Crippen molar-refractivity contribution in [3.8, 4) is 11.5 Å². The average Bonchev–Trinajstić information content (AvgIpc) is 2.88. The smallest absolute Gasteiger partial charge is 0.231 e. The molecule has 0 aliphatic carbocycles. The van der Waals surface area contributed by atoms with Crippen molar-refractivity contribution < 1.29 is 19.5 Å². The van der Waals surface area contributed by atoms with E-state index < -0.39 is 0 Å². The van der Waals surface area contributed by atoms with Crippen molar-refractivity contribution in [2.45, 2.75) is 6.54 Å². The SMILES string of the molecule is C[NH+](C)Cc1c(O)ccc2c1OC(=CC=Cc1ccccc1)C2=O. The quantitative estimate of drug-likeness (QED) is 0.849. The zero-order valence-corrected chi connectivity index (χ0v) is 13.7. The fraction of sp³-hybridized carbons (Fsp3) is 0.150. The van der Waals surface area contributed by atoms with Crippen molar-refractivity contribution in [3.63, 3.8) is 0 Å². The van der Waals surface area contributed by atoms with Gasteiger partial charge in [0.25, 0.3) is 0 Å². The van der Waals surface area contributed by atoms with Gasteiger partial charge < -0.3 is 14.7 Å². The highest BCUT2D eigenvalue weighted by atomic mass is 16.5. The molecular weight excluding hydrogens is 302 g/mol. The Morgan fingerprint density at radius 2 is 1.88 bits per heavy atom. The van der Waals surface area contributed by atoms with Crippen LogP contribution in [0.5, 0.6) is 11.5 Å². The molecule has 3 rings (SSSR count). The molecule has 122 valence electrons. The number of phenols is 1. The molecule has 1 aliphatic heterocycles. The van der Waals surface area contributed by atoms with Gasteiger partial charge in [-0.05, 0) is 23.8 Å². The van der Waals surface area contributed by atoms with Crippen molar-refractivity contribution in [1.29, 1.82) is 0 Å². The van der Waals surface area contributed by atoms with E-state index in [1.165, 1.54) is 0 Å². The van der Waals surface area contributed by atoms with Crippen LogP contribution in [0.4, 0.5) is 0 Å². The van der Waals surface area contributed by atoms with E-state index in [4.69, 9.17) is 4.74 Å². The third-order valence-electron chi connectivity index (χ3n) is 3.78. The highest BCUT2D eigenvalue weighted by Gasteiger charge is 2.31. The van der Waals surface area contributed by atoms with Gasteiger partial charge in [-0.3, -0.25) is 4.79 Å². The maximum absolute atomic E-state index is 12.5. The van der Waals surface area contributed by atoms with E-state index in [2.05, 4.69) is 0 Å². The summed E-state index contributed by atoms with van der Waals surface area (Å²) in [6, 6.07) is 13.0. The van der Waals surface area contributed by atoms with Gasteiger partial charge in [0.05, 0.1) is 25.2 Å². The number of aromatic hydroxyl groups is 1. The van der Waals surface area contributed by atoms with Gasteiger partial charge in [0.2, 0.25) is 5.78 Å². The Balaban J connectivity index is 1.88. The molecule has 1 heterocycles. The molecule has 0 unspecified atom stereocenters. The molecule has 4 heteroatoms. The topological polar surface area (TPSA) is 51.0 Å². The fourth-order valence-electron chi connectivity index (χ4n) is 2.65. The molecule has 0 bridgehead atoms. The second-order valence-electron chi connectivity index (χ2n) is 6.06. The van der Waals surface area contributed by atoms with Crippen LogP contribution in [-0.2, 0) is 6.54 Å². The van der Waals surface area contributed by atoms with Gasteiger partial charge in [-0.2, -0.15) is 0 Å². The second-order valence-corrected chi connectivity index (χ2v) is 6.06. The van der Waals surface area contributed by atoms with Crippen LogP contribution in [-0.4, -0.2) is 25.0 Å². The van der Waals surface area contributed by atoms with Gasteiger partial charge in [-0.1, -0.05) is 42.5 Å². The molecule has 1 aliphatic rings. The number of hydrogen-bond donors (Lipinski definition) is 2. The third kappa shape index (κ3) is 3.24. The highest BCUT2D eigenvalue weighted by Crippen LogP contribution is 2.38. The Morgan fingerprint density at radius 1 is 1.12 bits per heavy atom. The van der Waals surface area contributed by atoms with E-state index in [0.717, 1.165) is 10.5 Å². The van der Waals surface area contributed by atoms with Gasteiger partial charge in [-0.15, -0.1) is 0 Å². The normalized spacial score (nSPS) is 15.3. The minimum Gasteiger partial charge on any atom is -0.507 e. The van der Waals surface area contributed by atoms with Crippen LogP contribution in [0.1, 0.15) is 21.5 Å². The number of hydrogen-bond acceptors (Lipinski definition) is 3. The standard InChI is InChI=1S/C20H19NO3/c1-21(2)13-16-17(22)12-11-15-19(23)18(24-20(15)16)10-6-9-14-7-4-3-5-8-14/h3-12,22H,13H2,1-2H3/p+1. The van der Waals surface area contributed by atoms with E-state index >= 15 is 0 Å². The van der Waals surface area contributed by atoms with Gasteiger partial charge >= 0.3 is 0 Å². The predicted octanol–water partition coefficient (Wildman–Crippen LogP) is 2.21. The maximum atomic E-state index is 12.5. The van der Waals surface area contributed by atoms with Crippen LogP contribution in [0.15, 0.2) is 60.4 Å². The number of Topliss-reactive ketones (excluding diaryl/α,β-unsaturated/α-hetero) is 1. The number of nitrogens with one attached hydrogen (secondary N) is 1. The Bertz CT molecular complexity index is 820. The summed E-state index contributed by atoms with van der Waals surface area (Å²) in [5, 5.41) is 10.1. The van der Waals surface area contributed by atoms with Crippen LogP contribution in [0.2, 0.25) is 0 Å². The van der Waals surface area contributed by atoms with Crippen molar-refractivity contribution in [3.05, 3.63) is 77.1 Å². The molecule has 0 radical (unpaired) electrons. The lowest BCUT2D eigenvalue weighted by atomic mass is 10.0. The summed E-state index contributed by atoms with van der Waals surface area (Å²) in [7, 11) is 3.96. The zero-order valence-electron chi connectivity index (χ0n) is 13.7. The number of benzene rings is 2. The molecule has 2 aromatic rings. The highest BCUT2D eigenvalue weighted by molar-refractivity contribution is 6.12. The summed E-state index contributed by atoms with van der Waals surface area (Å²) < 4.78 is 5.76. The molecule has 0 atom stereocenters. The van der Waals surface area contributed by atoms with Crippen LogP contribution in [0.25, 0.3) is 6.08 Å². The summed E-state index contributed by atoms with van der Waals surface area (Å²) in [6.07, 6.45) is 5.37. The molecular formula is C20H20NO3+. The lowest BCUT2D eigenvalue weighted by molar-refractivity contribution is -0.872. The molecule has 0 saturated heterocycles. The lowest BCUT2D eigenvalue weighted by Crippen LogP contribution is -3.04. The average molecular weight is 322 g/mol. The number of fused-ring (bicyclic) bond motifs is 1. The summed E-state index contributed by atoms with van der Waals surface area (Å²) in [4.78, 5) is 13.6. The molecule has 2 N–H and O–H groups in total. The number of ether oxygens (including phenoxy) is 1. The molecule has 4 nitrogen and oxygen atoms in total. The van der Waals surface area contributed by atoms with Crippen molar-refractivity contribution in [2.75, 3.05) is 14.1 Å². The summed E-state index contributed by atoms with van der Waals surface area (Å²) in [6.45, 7) is 0.579. The first-order valence-corrected chi connectivity index (χ1v) is 7.86. The summed E-state index contributed by atoms with van der Waals surface area (Å²) >= 11 is 0. The van der Waals surface area contributed by atoms with Crippen LogP contribution < -0.4 is 9.64 Å². The molecule has 0 amide bonds. The number of carbonyl (C=O) groups excluding carboxylic acids is 1. The first-order chi connectivity index (χ1) is 11.6.